The van der Waals surface area contributed by atoms with Crippen molar-refractivity contribution in [1.29, 1.82) is 0 Å². The molecule has 94 valence electrons. The van der Waals surface area contributed by atoms with Crippen molar-refractivity contribution in [2.75, 3.05) is 11.1 Å². The molecule has 1 amide bonds. The van der Waals surface area contributed by atoms with Crippen molar-refractivity contribution in [3.05, 3.63) is 54.4 Å². The van der Waals surface area contributed by atoms with E-state index in [9.17, 15) is 4.79 Å². The number of nitrogens with zero attached hydrogens (tertiary/aromatic N) is 1. The van der Waals surface area contributed by atoms with E-state index in [1.54, 1.807) is 12.1 Å². The number of hydrogen-bond donors (Lipinski definition) is 2. The number of nitrogens with two attached hydrogens (primary N) is 1. The van der Waals surface area contributed by atoms with E-state index < -0.39 is 0 Å². The lowest BCUT2D eigenvalue weighted by atomic mass is 10.1. The van der Waals surface area contributed by atoms with E-state index in [1.807, 2.05) is 24.3 Å². The number of aromatic nitrogens is 1. The first kappa shape index (κ1) is 11.3. The zero-order valence-corrected chi connectivity index (χ0v) is 9.96. The fraction of sp³-hybridized carbons (Fsp3) is 0. The van der Waals surface area contributed by atoms with Crippen LogP contribution in [0.3, 0.4) is 0 Å². The number of amides is 1. The van der Waals surface area contributed by atoms with Gasteiger partial charge in [-0.25, -0.2) is 4.98 Å². The summed E-state index contributed by atoms with van der Waals surface area (Å²) in [4.78, 5) is 16.2. The highest BCUT2D eigenvalue weighted by atomic mass is 16.3. The van der Waals surface area contributed by atoms with Crippen LogP contribution in [-0.2, 0) is 0 Å². The van der Waals surface area contributed by atoms with Gasteiger partial charge in [-0.1, -0.05) is 18.2 Å². The lowest BCUT2D eigenvalue weighted by Gasteiger charge is -2.02. The minimum absolute atomic E-state index is 0.262. The van der Waals surface area contributed by atoms with Gasteiger partial charge in [0.2, 0.25) is 0 Å². The summed E-state index contributed by atoms with van der Waals surface area (Å²) in [5.41, 5.74) is 7.24. The Hall–Kier alpha value is -2.82. The lowest BCUT2D eigenvalue weighted by molar-refractivity contribution is 0.102. The molecule has 2 aromatic heterocycles. The molecule has 3 rings (SSSR count). The van der Waals surface area contributed by atoms with E-state index in [0.717, 1.165) is 5.39 Å². The predicted molar refractivity (Wildman–Crippen MR) is 72.8 cm³/mol. The van der Waals surface area contributed by atoms with Gasteiger partial charge in [0.05, 0.1) is 17.4 Å². The maximum atomic E-state index is 12.1. The fourth-order valence-electron chi connectivity index (χ4n) is 1.82. The number of para-hydroxylation sites is 1. The zero-order chi connectivity index (χ0) is 13.2. The van der Waals surface area contributed by atoms with Crippen LogP contribution < -0.4 is 11.1 Å². The molecule has 0 spiro atoms. The van der Waals surface area contributed by atoms with Crippen LogP contribution in [-0.4, -0.2) is 10.9 Å². The van der Waals surface area contributed by atoms with Gasteiger partial charge in [-0.3, -0.25) is 4.79 Å². The largest absolute Gasteiger partial charge is 0.463 e. The van der Waals surface area contributed by atoms with E-state index in [0.29, 0.717) is 22.7 Å². The van der Waals surface area contributed by atoms with Gasteiger partial charge < -0.3 is 15.5 Å². The molecule has 0 saturated carbocycles. The summed E-state index contributed by atoms with van der Waals surface area (Å²) in [6, 6.07) is 10.7. The molecule has 0 saturated heterocycles. The fourth-order valence-corrected chi connectivity index (χ4v) is 1.82. The number of furan rings is 1. The van der Waals surface area contributed by atoms with E-state index in [2.05, 4.69) is 10.3 Å². The van der Waals surface area contributed by atoms with Crippen molar-refractivity contribution in [3.8, 4) is 0 Å². The van der Waals surface area contributed by atoms with Crippen LogP contribution in [0.2, 0.25) is 0 Å². The average Bonchev–Trinajstić information content (AvgIpc) is 2.85. The molecule has 2 heterocycles. The Bertz CT molecular complexity index is 732. The standard InChI is InChI=1S/C14H11N3O2/c15-9-5-6-13(16-7-9)17-14(18)11-8-19-12-4-2-1-3-10(11)12/h1-8H,15H2,(H,16,17,18). The Labute approximate surface area is 109 Å². The molecule has 3 N–H and O–H groups in total. The molecule has 0 fully saturated rings. The second kappa shape index (κ2) is 4.45. The summed E-state index contributed by atoms with van der Waals surface area (Å²) >= 11 is 0. The number of rotatable bonds is 2. The first-order chi connectivity index (χ1) is 9.24. The Kier molecular flexibility index (Phi) is 2.64. The van der Waals surface area contributed by atoms with E-state index >= 15 is 0 Å². The predicted octanol–water partition coefficient (Wildman–Crippen LogP) is 2.66. The van der Waals surface area contributed by atoms with Gasteiger partial charge in [-0.15, -0.1) is 0 Å². The molecule has 0 bridgehead atoms. The number of nitrogen functional groups attached to an aromatic ring is 1. The SMILES string of the molecule is Nc1ccc(NC(=O)c2coc3ccccc23)nc1. The van der Waals surface area contributed by atoms with Crippen molar-refractivity contribution in [3.63, 3.8) is 0 Å². The Morgan fingerprint density at radius 1 is 1.21 bits per heavy atom. The number of anilines is 2. The van der Waals surface area contributed by atoms with Crippen LogP contribution in [0.5, 0.6) is 0 Å². The van der Waals surface area contributed by atoms with E-state index in [1.165, 1.54) is 12.5 Å². The Balaban J connectivity index is 1.90. The molecule has 0 atom stereocenters. The third-order valence-electron chi connectivity index (χ3n) is 2.75. The van der Waals surface area contributed by atoms with Gasteiger partial charge >= 0.3 is 0 Å². The summed E-state index contributed by atoms with van der Waals surface area (Å²) in [6.07, 6.45) is 2.93. The smallest absolute Gasteiger partial charge is 0.260 e. The van der Waals surface area contributed by atoms with Gasteiger partial charge in [0, 0.05) is 5.39 Å². The van der Waals surface area contributed by atoms with Gasteiger partial charge in [-0.05, 0) is 18.2 Å². The summed E-state index contributed by atoms with van der Waals surface area (Å²) in [6.45, 7) is 0. The number of fused-ring (bicyclic) bond motifs is 1. The normalized spacial score (nSPS) is 10.5. The van der Waals surface area contributed by atoms with Crippen LogP contribution in [0.25, 0.3) is 11.0 Å². The summed E-state index contributed by atoms with van der Waals surface area (Å²) in [5, 5.41) is 3.47. The second-order valence-corrected chi connectivity index (χ2v) is 4.08. The van der Waals surface area contributed by atoms with Crippen LogP contribution in [0.1, 0.15) is 10.4 Å². The highest BCUT2D eigenvalue weighted by Crippen LogP contribution is 2.21. The molecule has 0 aliphatic heterocycles. The first-order valence-corrected chi connectivity index (χ1v) is 5.73. The number of pyridine rings is 1. The molecule has 0 unspecified atom stereocenters. The topological polar surface area (TPSA) is 81.1 Å². The number of nitrogens with one attached hydrogen (secondary N) is 1. The molecular formula is C14H11N3O2. The Morgan fingerprint density at radius 3 is 2.84 bits per heavy atom. The number of carbonyl (C=O) groups excluding carboxylic acids is 1. The van der Waals surface area contributed by atoms with Crippen LogP contribution in [0.4, 0.5) is 11.5 Å². The molecule has 5 nitrogen and oxygen atoms in total. The maximum Gasteiger partial charge on any atom is 0.260 e. The molecule has 5 heteroatoms. The zero-order valence-electron chi connectivity index (χ0n) is 9.96. The third-order valence-corrected chi connectivity index (χ3v) is 2.75. The van der Waals surface area contributed by atoms with Crippen molar-refractivity contribution in [2.24, 2.45) is 0 Å². The highest BCUT2D eigenvalue weighted by molar-refractivity contribution is 6.11. The molecule has 0 radical (unpaired) electrons. The van der Waals surface area contributed by atoms with Gasteiger partial charge in [0.15, 0.2) is 0 Å². The van der Waals surface area contributed by atoms with Crippen LogP contribution in [0.15, 0.2) is 53.3 Å². The van der Waals surface area contributed by atoms with E-state index in [4.69, 9.17) is 10.2 Å². The maximum absolute atomic E-state index is 12.1. The van der Waals surface area contributed by atoms with Gasteiger partial charge in [0.25, 0.3) is 5.91 Å². The van der Waals surface area contributed by atoms with Gasteiger partial charge in [-0.2, -0.15) is 0 Å². The Morgan fingerprint density at radius 2 is 2.05 bits per heavy atom. The second-order valence-electron chi connectivity index (χ2n) is 4.08. The number of carbonyl (C=O) groups is 1. The molecule has 1 aromatic carbocycles. The monoisotopic (exact) mass is 253 g/mol. The summed E-state index contributed by atoms with van der Waals surface area (Å²) in [7, 11) is 0. The van der Waals surface area contributed by atoms with Crippen LogP contribution in [0, 0.1) is 0 Å². The van der Waals surface area contributed by atoms with Crippen LogP contribution >= 0.6 is 0 Å². The molecular weight excluding hydrogens is 242 g/mol. The number of benzene rings is 1. The molecule has 19 heavy (non-hydrogen) atoms. The highest BCUT2D eigenvalue weighted by Gasteiger charge is 2.13. The molecule has 0 aliphatic rings. The van der Waals surface area contributed by atoms with Crippen molar-refractivity contribution in [2.45, 2.75) is 0 Å². The summed E-state index contributed by atoms with van der Waals surface area (Å²) in [5.74, 6) is 0.187. The van der Waals surface area contributed by atoms with Crippen molar-refractivity contribution in [1.82, 2.24) is 4.98 Å². The van der Waals surface area contributed by atoms with Crippen molar-refractivity contribution < 1.29 is 9.21 Å². The molecule has 0 aliphatic carbocycles. The molecule has 3 aromatic rings. The average molecular weight is 253 g/mol. The minimum atomic E-state index is -0.262. The third kappa shape index (κ3) is 2.13. The van der Waals surface area contributed by atoms with Crippen molar-refractivity contribution >= 4 is 28.4 Å². The first-order valence-electron chi connectivity index (χ1n) is 5.73. The quantitative estimate of drug-likeness (QED) is 0.735. The lowest BCUT2D eigenvalue weighted by Crippen LogP contribution is -2.12. The number of hydrogen-bond acceptors (Lipinski definition) is 4. The summed E-state index contributed by atoms with van der Waals surface area (Å²) < 4.78 is 5.33. The van der Waals surface area contributed by atoms with Gasteiger partial charge in [0.1, 0.15) is 17.7 Å². The minimum Gasteiger partial charge on any atom is -0.463 e. The van der Waals surface area contributed by atoms with E-state index in [-0.39, 0.29) is 5.91 Å².